The fourth-order valence-corrected chi connectivity index (χ4v) is 2.85. The van der Waals surface area contributed by atoms with E-state index in [1.807, 2.05) is 13.8 Å². The number of ether oxygens (including phenoxy) is 1. The van der Waals surface area contributed by atoms with Crippen molar-refractivity contribution in [1.82, 2.24) is 10.2 Å². The molecule has 2 aliphatic heterocycles. The summed E-state index contributed by atoms with van der Waals surface area (Å²) in [7, 11) is 0. The van der Waals surface area contributed by atoms with Gasteiger partial charge >= 0.3 is 5.97 Å². The second-order valence-corrected chi connectivity index (χ2v) is 6.13. The Morgan fingerprint density at radius 2 is 2.05 bits per heavy atom. The number of carboxylic acids is 1. The standard InChI is InChI=1S/C13H22N2O4/c1-12(4-3-5-14-7-12)11(18)15-8-13(2,9-15)19-6-10(16)17/h14H,3-9H2,1-2H3,(H,16,17). The summed E-state index contributed by atoms with van der Waals surface area (Å²) < 4.78 is 5.32. The predicted octanol–water partition coefficient (Wildman–Crippen LogP) is 0.0782. The number of aliphatic carboxylic acids is 1. The quantitative estimate of drug-likeness (QED) is 0.756. The first-order valence-corrected chi connectivity index (χ1v) is 6.71. The highest BCUT2D eigenvalue weighted by atomic mass is 16.5. The molecular formula is C13H22N2O4. The zero-order valence-electron chi connectivity index (χ0n) is 11.6. The minimum Gasteiger partial charge on any atom is -0.480 e. The van der Waals surface area contributed by atoms with Crippen LogP contribution in [0.3, 0.4) is 0 Å². The lowest BCUT2D eigenvalue weighted by Gasteiger charge is -2.50. The SMILES string of the molecule is CC1(OCC(=O)O)CN(C(=O)C2(C)CCCNC2)C1. The molecule has 0 aromatic rings. The molecule has 0 saturated carbocycles. The number of carbonyl (C=O) groups excluding carboxylic acids is 1. The summed E-state index contributed by atoms with van der Waals surface area (Å²) in [4.78, 5) is 24.7. The molecule has 0 bridgehead atoms. The first-order chi connectivity index (χ1) is 8.85. The van der Waals surface area contributed by atoms with Gasteiger partial charge in [-0.1, -0.05) is 0 Å². The molecular weight excluding hydrogens is 248 g/mol. The van der Waals surface area contributed by atoms with E-state index in [0.717, 1.165) is 25.9 Å². The summed E-state index contributed by atoms with van der Waals surface area (Å²) >= 11 is 0. The summed E-state index contributed by atoms with van der Waals surface area (Å²) in [5.74, 6) is -0.828. The van der Waals surface area contributed by atoms with E-state index in [0.29, 0.717) is 13.1 Å². The van der Waals surface area contributed by atoms with Gasteiger partial charge < -0.3 is 20.1 Å². The average Bonchev–Trinajstić information content (AvgIpc) is 2.33. The van der Waals surface area contributed by atoms with Crippen molar-refractivity contribution in [2.75, 3.05) is 32.8 Å². The van der Waals surface area contributed by atoms with Gasteiger partial charge in [0.2, 0.25) is 5.91 Å². The Kier molecular flexibility index (Phi) is 3.82. The van der Waals surface area contributed by atoms with Crippen LogP contribution in [-0.4, -0.2) is 60.3 Å². The Labute approximate surface area is 113 Å². The van der Waals surface area contributed by atoms with Crippen LogP contribution in [-0.2, 0) is 14.3 Å². The van der Waals surface area contributed by atoms with E-state index in [-0.39, 0.29) is 17.9 Å². The van der Waals surface area contributed by atoms with Gasteiger partial charge in [-0.2, -0.15) is 0 Å². The molecule has 19 heavy (non-hydrogen) atoms. The van der Waals surface area contributed by atoms with Gasteiger partial charge in [0.1, 0.15) is 12.2 Å². The summed E-state index contributed by atoms with van der Waals surface area (Å²) in [6.45, 7) is 6.19. The van der Waals surface area contributed by atoms with Gasteiger partial charge in [0, 0.05) is 6.54 Å². The van der Waals surface area contributed by atoms with Crippen LogP contribution in [0, 0.1) is 5.41 Å². The molecule has 1 unspecified atom stereocenters. The third-order valence-corrected chi connectivity index (χ3v) is 4.00. The summed E-state index contributed by atoms with van der Waals surface area (Å²) in [6, 6.07) is 0. The minimum atomic E-state index is -0.977. The second kappa shape index (κ2) is 5.09. The molecule has 0 aromatic heterocycles. The van der Waals surface area contributed by atoms with Crippen LogP contribution in [0.25, 0.3) is 0 Å². The zero-order chi connectivity index (χ0) is 14.1. The van der Waals surface area contributed by atoms with Crippen molar-refractivity contribution in [3.05, 3.63) is 0 Å². The molecule has 2 rings (SSSR count). The summed E-state index contributed by atoms with van der Waals surface area (Å²) in [6.07, 6.45) is 1.92. The molecule has 6 heteroatoms. The average molecular weight is 270 g/mol. The van der Waals surface area contributed by atoms with Crippen molar-refractivity contribution in [3.8, 4) is 0 Å². The maximum absolute atomic E-state index is 12.4. The minimum absolute atomic E-state index is 0.149. The van der Waals surface area contributed by atoms with Crippen molar-refractivity contribution in [1.29, 1.82) is 0 Å². The lowest BCUT2D eigenvalue weighted by Crippen LogP contribution is -2.66. The fourth-order valence-electron chi connectivity index (χ4n) is 2.85. The van der Waals surface area contributed by atoms with Crippen LogP contribution in [0.15, 0.2) is 0 Å². The highest BCUT2D eigenvalue weighted by molar-refractivity contribution is 5.83. The largest absolute Gasteiger partial charge is 0.480 e. The van der Waals surface area contributed by atoms with E-state index in [1.54, 1.807) is 4.90 Å². The normalized spacial score (nSPS) is 29.7. The van der Waals surface area contributed by atoms with Gasteiger partial charge in [-0.15, -0.1) is 0 Å². The molecule has 2 aliphatic rings. The molecule has 0 spiro atoms. The first kappa shape index (κ1) is 14.3. The van der Waals surface area contributed by atoms with Crippen LogP contribution in [0.1, 0.15) is 26.7 Å². The van der Waals surface area contributed by atoms with E-state index in [9.17, 15) is 9.59 Å². The number of nitrogens with zero attached hydrogens (tertiary/aromatic N) is 1. The molecule has 2 saturated heterocycles. The van der Waals surface area contributed by atoms with Crippen LogP contribution in [0.4, 0.5) is 0 Å². The van der Waals surface area contributed by atoms with Crippen molar-refractivity contribution in [2.45, 2.75) is 32.3 Å². The topological polar surface area (TPSA) is 78.9 Å². The number of rotatable bonds is 4. The van der Waals surface area contributed by atoms with E-state index < -0.39 is 11.6 Å². The highest BCUT2D eigenvalue weighted by Crippen LogP contribution is 2.33. The lowest BCUT2D eigenvalue weighted by molar-refractivity contribution is -0.179. The van der Waals surface area contributed by atoms with E-state index >= 15 is 0 Å². The Balaban J connectivity index is 1.85. The maximum Gasteiger partial charge on any atom is 0.329 e. The Hall–Kier alpha value is -1.14. The van der Waals surface area contributed by atoms with Gasteiger partial charge in [-0.05, 0) is 33.2 Å². The number of carboxylic acid groups (broad SMARTS) is 1. The third kappa shape index (κ3) is 3.06. The smallest absolute Gasteiger partial charge is 0.329 e. The molecule has 6 nitrogen and oxygen atoms in total. The zero-order valence-corrected chi connectivity index (χ0v) is 11.6. The number of hydrogen-bond donors (Lipinski definition) is 2. The fraction of sp³-hybridized carbons (Fsp3) is 0.846. The predicted molar refractivity (Wildman–Crippen MR) is 68.8 cm³/mol. The molecule has 1 atom stereocenters. The van der Waals surface area contributed by atoms with Crippen molar-refractivity contribution in [3.63, 3.8) is 0 Å². The lowest BCUT2D eigenvalue weighted by atomic mass is 9.79. The van der Waals surface area contributed by atoms with Crippen molar-refractivity contribution in [2.24, 2.45) is 5.41 Å². The molecule has 2 N–H and O–H groups in total. The molecule has 108 valence electrons. The van der Waals surface area contributed by atoms with Crippen LogP contribution in [0.2, 0.25) is 0 Å². The number of carbonyl (C=O) groups is 2. The number of hydrogen-bond acceptors (Lipinski definition) is 4. The number of nitrogens with one attached hydrogen (secondary N) is 1. The Morgan fingerprint density at radius 3 is 2.58 bits per heavy atom. The van der Waals surface area contributed by atoms with Gasteiger partial charge in [-0.25, -0.2) is 4.79 Å². The monoisotopic (exact) mass is 270 g/mol. The molecule has 0 aliphatic carbocycles. The molecule has 1 amide bonds. The summed E-state index contributed by atoms with van der Waals surface area (Å²) in [5.41, 5.74) is -0.834. The molecule has 0 aromatic carbocycles. The van der Waals surface area contributed by atoms with E-state index in [1.165, 1.54) is 0 Å². The first-order valence-electron chi connectivity index (χ1n) is 6.71. The van der Waals surface area contributed by atoms with E-state index in [2.05, 4.69) is 5.32 Å². The van der Waals surface area contributed by atoms with Gasteiger partial charge in [0.05, 0.1) is 18.5 Å². The number of piperidine rings is 1. The molecule has 2 fully saturated rings. The van der Waals surface area contributed by atoms with Gasteiger partial charge in [0.15, 0.2) is 0 Å². The van der Waals surface area contributed by atoms with Gasteiger partial charge in [-0.3, -0.25) is 4.79 Å². The number of likely N-dealkylation sites (tertiary alicyclic amines) is 1. The third-order valence-electron chi connectivity index (χ3n) is 4.00. The van der Waals surface area contributed by atoms with Crippen LogP contribution >= 0.6 is 0 Å². The van der Waals surface area contributed by atoms with Crippen molar-refractivity contribution >= 4 is 11.9 Å². The summed E-state index contributed by atoms with van der Waals surface area (Å²) in [5, 5.41) is 11.9. The molecule has 2 heterocycles. The van der Waals surface area contributed by atoms with E-state index in [4.69, 9.17) is 9.84 Å². The Morgan fingerprint density at radius 1 is 1.37 bits per heavy atom. The second-order valence-electron chi connectivity index (χ2n) is 6.13. The Bertz CT molecular complexity index is 371. The molecule has 0 radical (unpaired) electrons. The highest BCUT2D eigenvalue weighted by Gasteiger charge is 2.48. The van der Waals surface area contributed by atoms with Crippen molar-refractivity contribution < 1.29 is 19.4 Å². The van der Waals surface area contributed by atoms with Gasteiger partial charge in [0.25, 0.3) is 0 Å². The van der Waals surface area contributed by atoms with Crippen LogP contribution in [0.5, 0.6) is 0 Å². The maximum atomic E-state index is 12.4. The van der Waals surface area contributed by atoms with Crippen LogP contribution < -0.4 is 5.32 Å². The number of amides is 1.